The minimum absolute atomic E-state index is 0.207. The number of nitrogens with one attached hydrogen (secondary N) is 1. The molecule has 1 heterocycles. The summed E-state index contributed by atoms with van der Waals surface area (Å²) in [4.78, 5) is 4.10. The van der Waals surface area contributed by atoms with Gasteiger partial charge in [-0.1, -0.05) is 0 Å². The van der Waals surface area contributed by atoms with Gasteiger partial charge in [0.1, 0.15) is 11.4 Å². The molecule has 0 spiro atoms. The fraction of sp³-hybridized carbons (Fsp3) is 0.500. The van der Waals surface area contributed by atoms with Crippen molar-refractivity contribution in [1.29, 1.82) is 0 Å². The van der Waals surface area contributed by atoms with Crippen molar-refractivity contribution in [3.05, 3.63) is 16.2 Å². The SMILES string of the molecule is Cc1c(N)cnc(NCC(C)(O)CO)c1Br. The lowest BCUT2D eigenvalue weighted by Crippen LogP contribution is -2.37. The molecule has 0 bridgehead atoms. The largest absolute Gasteiger partial charge is 0.397 e. The van der Waals surface area contributed by atoms with Crippen LogP contribution in [-0.2, 0) is 0 Å². The van der Waals surface area contributed by atoms with Crippen LogP contribution in [0.1, 0.15) is 12.5 Å². The Kier molecular flexibility index (Phi) is 4.12. The molecule has 0 saturated heterocycles. The minimum atomic E-state index is -1.17. The molecular weight excluding hydrogens is 274 g/mol. The van der Waals surface area contributed by atoms with E-state index in [1.165, 1.54) is 6.92 Å². The van der Waals surface area contributed by atoms with E-state index in [1.54, 1.807) is 6.20 Å². The normalized spacial score (nSPS) is 14.6. The van der Waals surface area contributed by atoms with E-state index in [4.69, 9.17) is 10.8 Å². The van der Waals surface area contributed by atoms with Crippen molar-refractivity contribution in [2.75, 3.05) is 24.2 Å². The molecule has 1 unspecified atom stereocenters. The number of hydrogen-bond donors (Lipinski definition) is 4. The first-order chi connectivity index (χ1) is 7.37. The second-order valence-corrected chi connectivity index (χ2v) is 4.80. The van der Waals surface area contributed by atoms with Crippen molar-refractivity contribution < 1.29 is 10.2 Å². The Bertz CT molecular complexity index is 383. The fourth-order valence-corrected chi connectivity index (χ4v) is 1.52. The molecule has 0 amide bonds. The van der Waals surface area contributed by atoms with Crippen LogP contribution in [0.2, 0.25) is 0 Å². The molecule has 1 aromatic heterocycles. The van der Waals surface area contributed by atoms with Crippen LogP contribution in [0.3, 0.4) is 0 Å². The van der Waals surface area contributed by atoms with Crippen LogP contribution < -0.4 is 11.1 Å². The molecule has 1 atom stereocenters. The molecule has 0 radical (unpaired) electrons. The van der Waals surface area contributed by atoms with Crippen LogP contribution >= 0.6 is 15.9 Å². The third kappa shape index (κ3) is 3.07. The van der Waals surface area contributed by atoms with E-state index in [0.29, 0.717) is 11.5 Å². The number of hydrogen-bond acceptors (Lipinski definition) is 5. The van der Waals surface area contributed by atoms with E-state index in [0.717, 1.165) is 10.0 Å². The molecule has 6 heteroatoms. The Labute approximate surface area is 103 Å². The minimum Gasteiger partial charge on any atom is -0.397 e. The van der Waals surface area contributed by atoms with Crippen LogP contribution in [0.25, 0.3) is 0 Å². The smallest absolute Gasteiger partial charge is 0.140 e. The molecule has 0 aliphatic rings. The van der Waals surface area contributed by atoms with Crippen molar-refractivity contribution in [3.63, 3.8) is 0 Å². The maximum Gasteiger partial charge on any atom is 0.140 e. The lowest BCUT2D eigenvalue weighted by Gasteiger charge is -2.21. The summed E-state index contributed by atoms with van der Waals surface area (Å²) in [5, 5.41) is 21.5. The van der Waals surface area contributed by atoms with E-state index in [9.17, 15) is 5.11 Å². The molecule has 5 N–H and O–H groups in total. The number of pyridine rings is 1. The molecule has 0 aliphatic heterocycles. The Balaban J connectivity index is 2.80. The lowest BCUT2D eigenvalue weighted by molar-refractivity contribution is 0.0131. The van der Waals surface area contributed by atoms with Gasteiger partial charge < -0.3 is 21.3 Å². The number of aliphatic hydroxyl groups is 2. The third-order valence-corrected chi connectivity index (χ3v) is 3.25. The van der Waals surface area contributed by atoms with Crippen molar-refractivity contribution in [1.82, 2.24) is 4.98 Å². The summed E-state index contributed by atoms with van der Waals surface area (Å²) >= 11 is 3.37. The maximum absolute atomic E-state index is 9.62. The second-order valence-electron chi connectivity index (χ2n) is 4.01. The molecule has 0 aliphatic carbocycles. The quantitative estimate of drug-likeness (QED) is 0.661. The lowest BCUT2D eigenvalue weighted by atomic mass is 10.1. The Morgan fingerprint density at radius 3 is 2.81 bits per heavy atom. The van der Waals surface area contributed by atoms with Gasteiger partial charge in [0.15, 0.2) is 0 Å². The summed E-state index contributed by atoms with van der Waals surface area (Å²) in [6.45, 7) is 3.30. The van der Waals surface area contributed by atoms with Gasteiger partial charge >= 0.3 is 0 Å². The van der Waals surface area contributed by atoms with Crippen LogP contribution in [-0.4, -0.2) is 33.9 Å². The number of rotatable bonds is 4. The Morgan fingerprint density at radius 1 is 1.62 bits per heavy atom. The van der Waals surface area contributed by atoms with Gasteiger partial charge in [-0.05, 0) is 35.3 Å². The topological polar surface area (TPSA) is 91.4 Å². The average molecular weight is 290 g/mol. The van der Waals surface area contributed by atoms with Gasteiger partial charge in [-0.3, -0.25) is 0 Å². The second kappa shape index (κ2) is 4.99. The summed E-state index contributed by atoms with van der Waals surface area (Å²) in [6, 6.07) is 0. The van der Waals surface area contributed by atoms with Gasteiger partial charge in [-0.2, -0.15) is 0 Å². The molecule has 0 saturated carbocycles. The predicted octanol–water partition coefficient (Wildman–Crippen LogP) is 0.890. The van der Waals surface area contributed by atoms with Crippen LogP contribution in [0, 0.1) is 6.92 Å². The number of anilines is 2. The summed E-state index contributed by atoms with van der Waals surface area (Å²) in [5.41, 5.74) is 6.01. The number of nitrogens with zero attached hydrogens (tertiary/aromatic N) is 1. The Morgan fingerprint density at radius 2 is 2.25 bits per heavy atom. The third-order valence-electron chi connectivity index (χ3n) is 2.28. The highest BCUT2D eigenvalue weighted by atomic mass is 79.9. The zero-order chi connectivity index (χ0) is 12.3. The molecular formula is C10H16BrN3O2. The molecule has 5 nitrogen and oxygen atoms in total. The van der Waals surface area contributed by atoms with Crippen molar-refractivity contribution in [2.24, 2.45) is 0 Å². The van der Waals surface area contributed by atoms with Crippen molar-refractivity contribution >= 4 is 27.4 Å². The van der Waals surface area contributed by atoms with Crippen molar-refractivity contribution in [3.8, 4) is 0 Å². The van der Waals surface area contributed by atoms with E-state index < -0.39 is 5.60 Å². The van der Waals surface area contributed by atoms with Gasteiger partial charge in [-0.25, -0.2) is 4.98 Å². The average Bonchev–Trinajstić information content (AvgIpc) is 2.25. The standard InChI is InChI=1S/C10H16BrN3O2/c1-6-7(12)3-13-9(8(6)11)14-4-10(2,16)5-15/h3,15-16H,4-5,12H2,1-2H3,(H,13,14). The highest BCUT2D eigenvalue weighted by Crippen LogP contribution is 2.27. The van der Waals surface area contributed by atoms with E-state index in [1.807, 2.05) is 6.92 Å². The summed E-state index contributed by atoms with van der Waals surface area (Å²) in [7, 11) is 0. The predicted molar refractivity (Wildman–Crippen MR) is 67.3 cm³/mol. The molecule has 90 valence electrons. The summed E-state index contributed by atoms with van der Waals surface area (Å²) < 4.78 is 0.765. The number of aromatic nitrogens is 1. The number of nitrogens with two attached hydrogens (primary N) is 1. The highest BCUT2D eigenvalue weighted by Gasteiger charge is 2.19. The van der Waals surface area contributed by atoms with E-state index >= 15 is 0 Å². The van der Waals surface area contributed by atoms with E-state index in [2.05, 4.69) is 26.2 Å². The molecule has 0 aromatic carbocycles. The number of aliphatic hydroxyl groups excluding tert-OH is 1. The Hall–Kier alpha value is -0.850. The zero-order valence-electron chi connectivity index (χ0n) is 9.29. The van der Waals surface area contributed by atoms with Crippen LogP contribution in [0.5, 0.6) is 0 Å². The molecule has 1 aromatic rings. The molecule has 0 fully saturated rings. The van der Waals surface area contributed by atoms with Gasteiger partial charge in [0.05, 0.1) is 23.0 Å². The molecule has 1 rings (SSSR count). The van der Waals surface area contributed by atoms with Gasteiger partial charge in [0, 0.05) is 6.54 Å². The van der Waals surface area contributed by atoms with Crippen LogP contribution in [0.4, 0.5) is 11.5 Å². The number of halogens is 1. The van der Waals surface area contributed by atoms with Gasteiger partial charge in [-0.15, -0.1) is 0 Å². The van der Waals surface area contributed by atoms with Gasteiger partial charge in [0.25, 0.3) is 0 Å². The zero-order valence-corrected chi connectivity index (χ0v) is 10.9. The summed E-state index contributed by atoms with van der Waals surface area (Å²) in [6.07, 6.45) is 1.55. The first-order valence-corrected chi connectivity index (χ1v) is 5.64. The van der Waals surface area contributed by atoms with E-state index in [-0.39, 0.29) is 13.2 Å². The fourth-order valence-electron chi connectivity index (χ4n) is 1.05. The first kappa shape index (κ1) is 13.2. The molecule has 16 heavy (non-hydrogen) atoms. The number of nitrogen functional groups attached to an aromatic ring is 1. The van der Waals surface area contributed by atoms with Crippen LogP contribution in [0.15, 0.2) is 10.7 Å². The van der Waals surface area contributed by atoms with Gasteiger partial charge in [0.2, 0.25) is 0 Å². The summed E-state index contributed by atoms with van der Waals surface area (Å²) in [5.74, 6) is 0.598. The van der Waals surface area contributed by atoms with Crippen molar-refractivity contribution in [2.45, 2.75) is 19.4 Å². The maximum atomic E-state index is 9.62. The monoisotopic (exact) mass is 289 g/mol. The highest BCUT2D eigenvalue weighted by molar-refractivity contribution is 9.10. The first-order valence-electron chi connectivity index (χ1n) is 4.85.